The smallest absolute Gasteiger partial charge is 0.362 e. The number of esters is 2. The number of rotatable bonds is 35. The van der Waals surface area contributed by atoms with Gasteiger partial charge in [0.15, 0.2) is 12.1 Å². The quantitative estimate of drug-likeness (QED) is 0.0230. The van der Waals surface area contributed by atoms with Gasteiger partial charge >= 0.3 is 17.9 Å². The molecule has 0 fully saturated rings. The largest absolute Gasteiger partial charge is 0.477 e. The fourth-order valence-corrected chi connectivity index (χ4v) is 5.59. The lowest BCUT2D eigenvalue weighted by Crippen LogP contribution is -2.50. The zero-order valence-electron chi connectivity index (χ0n) is 32.8. The van der Waals surface area contributed by atoms with Gasteiger partial charge in [-0.1, -0.05) is 121 Å². The first-order valence-electron chi connectivity index (χ1n) is 20.0. The third kappa shape index (κ3) is 31.5. The van der Waals surface area contributed by atoms with Gasteiger partial charge in [0.05, 0.1) is 34.4 Å². The van der Waals surface area contributed by atoms with Crippen molar-refractivity contribution in [2.75, 3.05) is 41.0 Å². The van der Waals surface area contributed by atoms with Crippen molar-refractivity contribution < 1.29 is 38.2 Å². The van der Waals surface area contributed by atoms with Crippen LogP contribution in [0.15, 0.2) is 36.5 Å². The van der Waals surface area contributed by atoms with Gasteiger partial charge in [0, 0.05) is 19.3 Å². The van der Waals surface area contributed by atoms with Crippen LogP contribution in [0.4, 0.5) is 0 Å². The lowest BCUT2D eigenvalue weighted by Gasteiger charge is -2.31. The molecule has 0 aliphatic carbocycles. The normalized spacial score (nSPS) is 13.4. The number of likely N-dealkylation sites (N-methyl/N-ethyl adjacent to an activating group) is 1. The Morgan fingerprint density at radius 3 is 1.62 bits per heavy atom. The minimum Gasteiger partial charge on any atom is -0.477 e. The zero-order valence-corrected chi connectivity index (χ0v) is 32.8. The lowest BCUT2D eigenvalue weighted by molar-refractivity contribution is -0.887. The summed E-state index contributed by atoms with van der Waals surface area (Å²) >= 11 is 0. The summed E-state index contributed by atoms with van der Waals surface area (Å²) in [6.07, 6.45) is 36.1. The van der Waals surface area contributed by atoms with Crippen LogP contribution in [0, 0.1) is 0 Å². The summed E-state index contributed by atoms with van der Waals surface area (Å²) < 4.78 is 17.2. The molecule has 0 saturated carbocycles. The fourth-order valence-electron chi connectivity index (χ4n) is 5.59. The maximum absolute atomic E-state index is 12.6. The van der Waals surface area contributed by atoms with Gasteiger partial charge in [-0.3, -0.25) is 9.59 Å². The molecule has 0 saturated heterocycles. The van der Waals surface area contributed by atoms with Gasteiger partial charge in [0.1, 0.15) is 6.61 Å². The highest BCUT2D eigenvalue weighted by molar-refractivity contribution is 5.72. The van der Waals surface area contributed by atoms with Gasteiger partial charge < -0.3 is 23.8 Å². The number of unbranched alkanes of at least 4 members (excludes halogenated alkanes) is 16. The number of carbonyl (C=O) groups excluding carboxylic acids is 2. The number of nitrogens with zero attached hydrogens (tertiary/aromatic N) is 1. The van der Waals surface area contributed by atoms with Gasteiger partial charge in [-0.15, -0.1) is 0 Å². The minimum atomic E-state index is -0.880. The van der Waals surface area contributed by atoms with Gasteiger partial charge in [0.25, 0.3) is 0 Å². The minimum absolute atomic E-state index is 0.0543. The maximum Gasteiger partial charge on any atom is 0.362 e. The number of ether oxygens (including phenoxy) is 3. The van der Waals surface area contributed by atoms with Gasteiger partial charge in [0.2, 0.25) is 0 Å². The maximum atomic E-state index is 12.6. The molecular weight excluding hydrogens is 630 g/mol. The monoisotopic (exact) mass is 707 g/mol. The molecule has 0 radical (unpaired) electrons. The predicted molar refractivity (Wildman–Crippen MR) is 206 cm³/mol. The molecule has 0 aliphatic rings. The van der Waals surface area contributed by atoms with Crippen LogP contribution in [0.3, 0.4) is 0 Å². The van der Waals surface area contributed by atoms with E-state index in [-0.39, 0.29) is 36.2 Å². The number of carboxylic acids is 1. The van der Waals surface area contributed by atoms with E-state index in [0.29, 0.717) is 19.3 Å². The van der Waals surface area contributed by atoms with Crippen molar-refractivity contribution in [2.45, 2.75) is 174 Å². The summed E-state index contributed by atoms with van der Waals surface area (Å²) in [5.74, 6) is -1.50. The third-order valence-electron chi connectivity index (χ3n) is 8.79. The third-order valence-corrected chi connectivity index (χ3v) is 8.79. The number of hydrogen-bond donors (Lipinski definition) is 1. The van der Waals surface area contributed by atoms with Crippen molar-refractivity contribution in [3.63, 3.8) is 0 Å². The van der Waals surface area contributed by atoms with E-state index in [1.807, 2.05) is 21.1 Å². The van der Waals surface area contributed by atoms with E-state index in [4.69, 9.17) is 14.2 Å². The molecule has 0 aromatic rings. The average molecular weight is 707 g/mol. The molecular formula is C42H76NO7+. The summed E-state index contributed by atoms with van der Waals surface area (Å²) in [5.41, 5.74) is 0. The second kappa shape index (κ2) is 33.7. The van der Waals surface area contributed by atoms with Crippen molar-refractivity contribution in [1.29, 1.82) is 0 Å². The van der Waals surface area contributed by atoms with E-state index in [0.717, 1.165) is 57.8 Å². The van der Waals surface area contributed by atoms with Crippen molar-refractivity contribution in [1.82, 2.24) is 0 Å². The van der Waals surface area contributed by atoms with Crippen LogP contribution < -0.4 is 0 Å². The molecule has 50 heavy (non-hydrogen) atoms. The number of allylic oxidation sites excluding steroid dienone is 6. The van der Waals surface area contributed by atoms with Crippen molar-refractivity contribution in [3.8, 4) is 0 Å². The van der Waals surface area contributed by atoms with Crippen LogP contribution >= 0.6 is 0 Å². The van der Waals surface area contributed by atoms with Crippen LogP contribution in [-0.2, 0) is 28.6 Å². The Hall–Kier alpha value is -2.45. The lowest BCUT2D eigenvalue weighted by atomic mass is 10.1. The van der Waals surface area contributed by atoms with E-state index >= 15 is 0 Å². The van der Waals surface area contributed by atoms with E-state index in [1.165, 1.54) is 70.6 Å². The Morgan fingerprint density at radius 1 is 0.600 bits per heavy atom. The van der Waals surface area contributed by atoms with E-state index in [9.17, 15) is 19.5 Å². The first-order chi connectivity index (χ1) is 24.1. The summed E-state index contributed by atoms with van der Waals surface area (Å²) in [6.45, 7) is 4.63. The number of carboxylic acid groups (broad SMARTS) is 1. The zero-order chi connectivity index (χ0) is 37.1. The number of aliphatic carboxylic acids is 1. The highest BCUT2D eigenvalue weighted by Crippen LogP contribution is 2.13. The Labute approximate surface area is 306 Å². The average Bonchev–Trinajstić information content (AvgIpc) is 3.06. The van der Waals surface area contributed by atoms with Crippen molar-refractivity contribution in [2.24, 2.45) is 0 Å². The van der Waals surface area contributed by atoms with Crippen molar-refractivity contribution >= 4 is 17.9 Å². The molecule has 2 atom stereocenters. The Kier molecular flexibility index (Phi) is 32.0. The molecule has 0 heterocycles. The molecule has 0 amide bonds. The molecule has 1 N–H and O–H groups in total. The van der Waals surface area contributed by atoms with E-state index < -0.39 is 18.1 Å². The van der Waals surface area contributed by atoms with E-state index in [2.05, 4.69) is 50.3 Å². The summed E-state index contributed by atoms with van der Waals surface area (Å²) in [7, 11) is 5.51. The topological polar surface area (TPSA) is 99.1 Å². The molecule has 2 unspecified atom stereocenters. The number of quaternary nitrogens is 1. The molecule has 0 spiro atoms. The predicted octanol–water partition coefficient (Wildman–Crippen LogP) is 10.3. The molecule has 0 aliphatic heterocycles. The van der Waals surface area contributed by atoms with Crippen molar-refractivity contribution in [3.05, 3.63) is 36.5 Å². The van der Waals surface area contributed by atoms with Gasteiger partial charge in [-0.2, -0.15) is 0 Å². The highest BCUT2D eigenvalue weighted by atomic mass is 16.6. The standard InChI is InChI=1S/C42H75NO7/c1-6-8-10-12-14-16-18-19-20-21-23-24-26-28-30-32-40(44)49-37-38(36-48-35-34-39(42(46)47)43(3,4)5)50-41(45)33-31-29-27-25-22-17-15-13-11-9-7-2/h13-16,18-19,38-39H,6-12,17,20-37H2,1-5H3/p+1/b15-13+,16-14+,19-18+. The molecule has 8 nitrogen and oxygen atoms in total. The van der Waals surface area contributed by atoms with Crippen LogP contribution in [0.5, 0.6) is 0 Å². The molecule has 0 rings (SSSR count). The SMILES string of the molecule is CCCC/C=C/CCCCCCCC(=O)OC(COCCC(C(=O)O)[N+](C)(C)C)COC(=O)CCCCCCCC/C=C/C=C/CCCCC. The Balaban J connectivity index is 4.41. The molecule has 0 aromatic carbocycles. The summed E-state index contributed by atoms with van der Waals surface area (Å²) in [4.78, 5) is 36.8. The molecule has 0 bridgehead atoms. The van der Waals surface area contributed by atoms with Gasteiger partial charge in [-0.05, 0) is 57.8 Å². The summed E-state index contributed by atoms with van der Waals surface area (Å²) in [5, 5.41) is 9.58. The van der Waals surface area contributed by atoms with Crippen LogP contribution in [-0.4, -0.2) is 80.6 Å². The number of carbonyl (C=O) groups is 3. The Bertz CT molecular complexity index is 922. The first-order valence-corrected chi connectivity index (χ1v) is 20.0. The first kappa shape index (κ1) is 47.5. The molecule has 290 valence electrons. The van der Waals surface area contributed by atoms with Crippen LogP contribution in [0.25, 0.3) is 0 Å². The highest BCUT2D eigenvalue weighted by Gasteiger charge is 2.31. The van der Waals surface area contributed by atoms with E-state index in [1.54, 1.807) is 0 Å². The van der Waals surface area contributed by atoms with Crippen LogP contribution in [0.2, 0.25) is 0 Å². The van der Waals surface area contributed by atoms with Crippen LogP contribution in [0.1, 0.15) is 162 Å². The van der Waals surface area contributed by atoms with Gasteiger partial charge in [-0.25, -0.2) is 4.79 Å². The molecule has 0 aromatic heterocycles. The Morgan fingerprint density at radius 2 is 1.08 bits per heavy atom. The summed E-state index contributed by atoms with van der Waals surface area (Å²) in [6, 6.07) is -0.616. The fraction of sp³-hybridized carbons (Fsp3) is 0.786. The second-order valence-corrected chi connectivity index (χ2v) is 14.6. The number of hydrogen-bond acceptors (Lipinski definition) is 6. The second-order valence-electron chi connectivity index (χ2n) is 14.6. The molecule has 8 heteroatoms.